The summed E-state index contributed by atoms with van der Waals surface area (Å²) in [6.07, 6.45) is 0. The topological polar surface area (TPSA) is 77.4 Å². The number of esters is 1. The van der Waals surface area contributed by atoms with Gasteiger partial charge in [-0.1, -0.05) is 24.3 Å². The molecule has 0 aliphatic carbocycles. The Bertz CT molecular complexity index is 1340. The molecule has 148 valence electrons. The van der Waals surface area contributed by atoms with E-state index in [1.165, 1.54) is 31.4 Å². The van der Waals surface area contributed by atoms with Crippen LogP contribution in [0.1, 0.15) is 17.3 Å². The van der Waals surface area contributed by atoms with Gasteiger partial charge >= 0.3 is 5.97 Å². The second-order valence-electron chi connectivity index (χ2n) is 6.62. The molecule has 0 aliphatic heterocycles. The second kappa shape index (κ2) is 7.25. The molecule has 0 amide bonds. The standard InChI is InChI=1S/C22H20N2O4S/c1-3-24-20-10-5-4-9-18(20)19-14-16(11-12-21(19)24)23-29(26,27)17-8-6-7-15(13-17)22(25)28-2/h4-14,23H,3H2,1-2H3. The number of carbonyl (C=O) groups is 1. The summed E-state index contributed by atoms with van der Waals surface area (Å²) in [5, 5.41) is 2.05. The van der Waals surface area contributed by atoms with Crippen LogP contribution in [0.3, 0.4) is 0 Å². The van der Waals surface area contributed by atoms with E-state index in [2.05, 4.69) is 27.0 Å². The number of rotatable bonds is 5. The molecule has 0 unspecified atom stereocenters. The van der Waals surface area contributed by atoms with Gasteiger partial charge in [-0.3, -0.25) is 4.72 Å². The van der Waals surface area contributed by atoms with Crippen molar-refractivity contribution in [2.24, 2.45) is 0 Å². The van der Waals surface area contributed by atoms with Crippen LogP contribution in [0.2, 0.25) is 0 Å². The fraction of sp³-hybridized carbons (Fsp3) is 0.136. The molecule has 0 radical (unpaired) electrons. The number of benzene rings is 3. The molecule has 0 aliphatic rings. The molecule has 1 aromatic heterocycles. The molecule has 1 heterocycles. The SMILES string of the molecule is CCn1c2ccccc2c2cc(NS(=O)(=O)c3cccc(C(=O)OC)c3)ccc21. The van der Waals surface area contributed by atoms with Crippen LogP contribution < -0.4 is 4.72 Å². The highest BCUT2D eigenvalue weighted by Crippen LogP contribution is 2.31. The molecule has 0 saturated heterocycles. The number of nitrogens with zero attached hydrogens (tertiary/aromatic N) is 1. The Morgan fingerprint density at radius 1 is 0.966 bits per heavy atom. The van der Waals surface area contributed by atoms with Crippen LogP contribution in [-0.2, 0) is 21.3 Å². The zero-order valence-corrected chi connectivity index (χ0v) is 16.9. The monoisotopic (exact) mass is 408 g/mol. The summed E-state index contributed by atoms with van der Waals surface area (Å²) >= 11 is 0. The second-order valence-corrected chi connectivity index (χ2v) is 8.30. The highest BCUT2D eigenvalue weighted by molar-refractivity contribution is 7.92. The number of methoxy groups -OCH3 is 1. The van der Waals surface area contributed by atoms with Gasteiger partial charge in [-0.15, -0.1) is 0 Å². The lowest BCUT2D eigenvalue weighted by Gasteiger charge is -2.10. The lowest BCUT2D eigenvalue weighted by atomic mass is 10.1. The number of aromatic nitrogens is 1. The first kappa shape index (κ1) is 19.0. The number of aryl methyl sites for hydroxylation is 1. The van der Waals surface area contributed by atoms with E-state index in [1.54, 1.807) is 6.07 Å². The number of para-hydroxylation sites is 1. The molecule has 7 heteroatoms. The van der Waals surface area contributed by atoms with Gasteiger partial charge in [0.1, 0.15) is 0 Å². The van der Waals surface area contributed by atoms with Crippen LogP contribution in [0.5, 0.6) is 0 Å². The van der Waals surface area contributed by atoms with Crippen LogP contribution in [0.4, 0.5) is 5.69 Å². The number of anilines is 1. The average molecular weight is 408 g/mol. The Morgan fingerprint density at radius 2 is 1.72 bits per heavy atom. The maximum Gasteiger partial charge on any atom is 0.337 e. The van der Waals surface area contributed by atoms with Crippen molar-refractivity contribution in [1.82, 2.24) is 4.57 Å². The summed E-state index contributed by atoms with van der Waals surface area (Å²) in [5.74, 6) is -0.587. The largest absolute Gasteiger partial charge is 0.465 e. The van der Waals surface area contributed by atoms with Crippen molar-refractivity contribution in [2.45, 2.75) is 18.4 Å². The quantitative estimate of drug-likeness (QED) is 0.497. The van der Waals surface area contributed by atoms with E-state index in [1.807, 2.05) is 30.3 Å². The lowest BCUT2D eigenvalue weighted by Crippen LogP contribution is -2.14. The van der Waals surface area contributed by atoms with Gasteiger partial charge in [0.15, 0.2) is 0 Å². The molecule has 0 spiro atoms. The van der Waals surface area contributed by atoms with Crippen LogP contribution >= 0.6 is 0 Å². The van der Waals surface area contributed by atoms with Crippen molar-refractivity contribution < 1.29 is 17.9 Å². The number of hydrogen-bond donors (Lipinski definition) is 1. The molecule has 4 rings (SSSR count). The molecular weight excluding hydrogens is 388 g/mol. The number of fused-ring (bicyclic) bond motifs is 3. The van der Waals surface area contributed by atoms with E-state index in [0.29, 0.717) is 5.69 Å². The Kier molecular flexibility index (Phi) is 4.76. The van der Waals surface area contributed by atoms with Gasteiger partial charge < -0.3 is 9.30 Å². The molecule has 0 bridgehead atoms. The third-order valence-electron chi connectivity index (χ3n) is 4.91. The molecule has 1 N–H and O–H groups in total. The van der Waals surface area contributed by atoms with E-state index in [-0.39, 0.29) is 10.5 Å². The van der Waals surface area contributed by atoms with Gasteiger partial charge in [-0.25, -0.2) is 13.2 Å². The predicted octanol–water partition coefficient (Wildman–Crippen LogP) is 4.40. The molecule has 4 aromatic rings. The summed E-state index contributed by atoms with van der Waals surface area (Å²) in [6, 6.07) is 19.3. The van der Waals surface area contributed by atoms with Gasteiger partial charge in [0.2, 0.25) is 0 Å². The van der Waals surface area contributed by atoms with E-state index in [4.69, 9.17) is 0 Å². The average Bonchev–Trinajstić information content (AvgIpc) is 3.06. The highest BCUT2D eigenvalue weighted by atomic mass is 32.2. The van der Waals surface area contributed by atoms with E-state index >= 15 is 0 Å². The molecular formula is C22H20N2O4S. The maximum atomic E-state index is 12.9. The zero-order chi connectivity index (χ0) is 20.6. The zero-order valence-electron chi connectivity index (χ0n) is 16.0. The summed E-state index contributed by atoms with van der Waals surface area (Å²) in [5.41, 5.74) is 2.79. The van der Waals surface area contributed by atoms with Gasteiger partial charge in [-0.05, 0) is 49.4 Å². The predicted molar refractivity (Wildman–Crippen MR) is 114 cm³/mol. The lowest BCUT2D eigenvalue weighted by molar-refractivity contribution is 0.0600. The van der Waals surface area contributed by atoms with E-state index < -0.39 is 16.0 Å². The molecule has 29 heavy (non-hydrogen) atoms. The maximum absolute atomic E-state index is 12.9. The Hall–Kier alpha value is -3.32. The number of carbonyl (C=O) groups excluding carboxylic acids is 1. The molecule has 0 atom stereocenters. The third kappa shape index (κ3) is 3.34. The van der Waals surface area contributed by atoms with Crippen molar-refractivity contribution in [1.29, 1.82) is 0 Å². The molecule has 0 saturated carbocycles. The summed E-state index contributed by atoms with van der Waals surface area (Å²) in [6.45, 7) is 2.90. The van der Waals surface area contributed by atoms with Gasteiger partial charge in [0, 0.05) is 34.0 Å². The Balaban J connectivity index is 1.76. The van der Waals surface area contributed by atoms with Crippen molar-refractivity contribution in [3.8, 4) is 0 Å². The summed E-state index contributed by atoms with van der Waals surface area (Å²) in [4.78, 5) is 11.7. The van der Waals surface area contributed by atoms with Crippen LogP contribution in [0.25, 0.3) is 21.8 Å². The number of nitrogens with one attached hydrogen (secondary N) is 1. The number of sulfonamides is 1. The first-order valence-electron chi connectivity index (χ1n) is 9.17. The first-order valence-corrected chi connectivity index (χ1v) is 10.6. The molecule has 6 nitrogen and oxygen atoms in total. The van der Waals surface area contributed by atoms with Crippen LogP contribution in [-0.4, -0.2) is 26.1 Å². The first-order chi connectivity index (χ1) is 13.9. The van der Waals surface area contributed by atoms with Gasteiger partial charge in [0.25, 0.3) is 10.0 Å². The smallest absolute Gasteiger partial charge is 0.337 e. The number of hydrogen-bond acceptors (Lipinski definition) is 4. The van der Waals surface area contributed by atoms with Crippen LogP contribution in [0.15, 0.2) is 71.6 Å². The third-order valence-corrected chi connectivity index (χ3v) is 6.29. The van der Waals surface area contributed by atoms with Crippen molar-refractivity contribution >= 4 is 43.5 Å². The summed E-state index contributed by atoms with van der Waals surface area (Å²) < 4.78 is 35.2. The molecule has 0 fully saturated rings. The Labute approximate surface area is 168 Å². The minimum absolute atomic E-state index is 0.00326. The fourth-order valence-corrected chi connectivity index (χ4v) is 4.67. The minimum Gasteiger partial charge on any atom is -0.465 e. The van der Waals surface area contributed by atoms with Crippen molar-refractivity contribution in [3.63, 3.8) is 0 Å². The normalized spacial score (nSPS) is 11.7. The molecule has 3 aromatic carbocycles. The van der Waals surface area contributed by atoms with E-state index in [0.717, 1.165) is 28.4 Å². The highest BCUT2D eigenvalue weighted by Gasteiger charge is 2.18. The fourth-order valence-electron chi connectivity index (χ4n) is 3.58. The number of ether oxygens (including phenoxy) is 1. The van der Waals surface area contributed by atoms with Crippen molar-refractivity contribution in [3.05, 3.63) is 72.3 Å². The van der Waals surface area contributed by atoms with E-state index in [9.17, 15) is 13.2 Å². The van der Waals surface area contributed by atoms with Crippen LogP contribution in [0, 0.1) is 0 Å². The van der Waals surface area contributed by atoms with Gasteiger partial charge in [-0.2, -0.15) is 0 Å². The van der Waals surface area contributed by atoms with Gasteiger partial charge in [0.05, 0.1) is 17.6 Å². The minimum atomic E-state index is -3.86. The summed E-state index contributed by atoms with van der Waals surface area (Å²) in [7, 11) is -2.61. The Morgan fingerprint density at radius 3 is 2.48 bits per heavy atom. The van der Waals surface area contributed by atoms with Crippen molar-refractivity contribution in [2.75, 3.05) is 11.8 Å².